The van der Waals surface area contributed by atoms with Crippen LogP contribution in [0, 0.1) is 0 Å². The summed E-state index contributed by atoms with van der Waals surface area (Å²) >= 11 is 12.4. The van der Waals surface area contributed by atoms with E-state index in [0.29, 0.717) is 21.7 Å². The van der Waals surface area contributed by atoms with Crippen molar-refractivity contribution in [1.29, 1.82) is 0 Å². The van der Waals surface area contributed by atoms with Crippen LogP contribution in [0.3, 0.4) is 0 Å². The highest BCUT2D eigenvalue weighted by molar-refractivity contribution is 6.33. The minimum Gasteiger partial charge on any atom is -0.471 e. The highest BCUT2D eigenvalue weighted by atomic mass is 35.5. The first-order chi connectivity index (χ1) is 18.9. The van der Waals surface area contributed by atoms with E-state index in [1.54, 1.807) is 44.2 Å². The summed E-state index contributed by atoms with van der Waals surface area (Å²) in [6, 6.07) is 10.4. The number of pyridine rings is 1. The van der Waals surface area contributed by atoms with Gasteiger partial charge in [-0.3, -0.25) is 4.79 Å². The van der Waals surface area contributed by atoms with Crippen LogP contribution in [0.5, 0.6) is 11.6 Å². The molecule has 6 nitrogen and oxygen atoms in total. The number of rotatable bonds is 6. The van der Waals surface area contributed by atoms with Gasteiger partial charge in [-0.2, -0.15) is 13.2 Å². The summed E-state index contributed by atoms with van der Waals surface area (Å²) in [6.07, 6.45) is -13.9. The maximum atomic E-state index is 12.9. The van der Waals surface area contributed by atoms with Gasteiger partial charge in [-0.05, 0) is 55.8 Å². The number of amides is 1. The summed E-state index contributed by atoms with van der Waals surface area (Å²) in [7, 11) is 0. The van der Waals surface area contributed by atoms with E-state index in [4.69, 9.17) is 27.9 Å². The standard InChI is InChI=1S/C27H22Cl2F6N2O4/c1-25(2)12-20(36-22(39)11-21(38)26(30,31)32)18-10-16(13-3-5-14(28)6-4-13)23(37-24(18)41-25)17-9-15(7-8-19(17)29)40-27(33,34)35/h3-10,20-21,38H,11-12H2,1-2H3,(H,36,39)/t20-,21?/m1/s1. The number of fused-ring (bicyclic) bond motifs is 1. The van der Waals surface area contributed by atoms with E-state index in [1.165, 1.54) is 6.07 Å². The van der Waals surface area contributed by atoms with Gasteiger partial charge in [-0.1, -0.05) is 35.3 Å². The zero-order valence-corrected chi connectivity index (χ0v) is 22.8. The number of hydrogen-bond donors (Lipinski definition) is 2. The number of carbonyl (C=O) groups excluding carboxylic acids is 1. The molecule has 1 unspecified atom stereocenters. The predicted octanol–water partition coefficient (Wildman–Crippen LogP) is 7.65. The van der Waals surface area contributed by atoms with E-state index >= 15 is 0 Å². The Hall–Kier alpha value is -3.22. The lowest BCUT2D eigenvalue weighted by Crippen LogP contribution is -2.43. The number of nitrogens with one attached hydrogen (secondary N) is 1. The lowest BCUT2D eigenvalue weighted by atomic mass is 9.88. The Morgan fingerprint density at radius 2 is 1.76 bits per heavy atom. The molecule has 0 aliphatic carbocycles. The van der Waals surface area contributed by atoms with Crippen LogP contribution in [0.2, 0.25) is 10.0 Å². The first-order valence-electron chi connectivity index (χ1n) is 12.0. The molecule has 2 heterocycles. The van der Waals surface area contributed by atoms with Crippen LogP contribution in [-0.4, -0.2) is 40.2 Å². The summed E-state index contributed by atoms with van der Waals surface area (Å²) in [6.45, 7) is 3.33. The second kappa shape index (κ2) is 11.2. The van der Waals surface area contributed by atoms with Crippen molar-refractivity contribution >= 4 is 29.1 Å². The van der Waals surface area contributed by atoms with Crippen LogP contribution >= 0.6 is 23.2 Å². The summed E-state index contributed by atoms with van der Waals surface area (Å²) in [5.41, 5.74) is 0.377. The van der Waals surface area contributed by atoms with Gasteiger partial charge in [0, 0.05) is 28.1 Å². The van der Waals surface area contributed by atoms with E-state index in [0.717, 1.165) is 12.1 Å². The van der Waals surface area contributed by atoms with Gasteiger partial charge in [0.15, 0.2) is 6.10 Å². The maximum absolute atomic E-state index is 12.9. The Kier molecular flexibility index (Phi) is 8.41. The van der Waals surface area contributed by atoms with Crippen molar-refractivity contribution in [2.75, 3.05) is 0 Å². The molecule has 4 rings (SSSR count). The molecule has 14 heteroatoms. The highest BCUT2D eigenvalue weighted by Crippen LogP contribution is 2.45. The van der Waals surface area contributed by atoms with Gasteiger partial charge >= 0.3 is 12.5 Å². The number of carbonyl (C=O) groups is 1. The number of alkyl halides is 6. The average molecular weight is 623 g/mol. The molecule has 1 aromatic heterocycles. The summed E-state index contributed by atoms with van der Waals surface area (Å²) in [5, 5.41) is 12.3. The van der Waals surface area contributed by atoms with Crippen LogP contribution < -0.4 is 14.8 Å². The van der Waals surface area contributed by atoms with Crippen LogP contribution in [0.25, 0.3) is 22.4 Å². The Morgan fingerprint density at radius 1 is 1.10 bits per heavy atom. The van der Waals surface area contributed by atoms with Gasteiger partial charge in [-0.15, -0.1) is 13.2 Å². The van der Waals surface area contributed by atoms with Crippen molar-refractivity contribution < 1.29 is 45.7 Å². The van der Waals surface area contributed by atoms with Crippen molar-refractivity contribution in [3.63, 3.8) is 0 Å². The van der Waals surface area contributed by atoms with Crippen LogP contribution in [0.4, 0.5) is 26.3 Å². The molecule has 0 fully saturated rings. The van der Waals surface area contributed by atoms with E-state index in [1.807, 2.05) is 0 Å². The molecule has 2 aromatic carbocycles. The third kappa shape index (κ3) is 7.55. The summed E-state index contributed by atoms with van der Waals surface area (Å²) in [4.78, 5) is 17.1. The molecule has 41 heavy (non-hydrogen) atoms. The molecular weight excluding hydrogens is 601 g/mol. The van der Waals surface area contributed by atoms with Gasteiger partial charge in [-0.25, -0.2) is 4.98 Å². The number of nitrogens with zero attached hydrogens (tertiary/aromatic N) is 1. The smallest absolute Gasteiger partial charge is 0.471 e. The number of aromatic nitrogens is 1. The number of hydrogen-bond acceptors (Lipinski definition) is 5. The molecule has 1 aliphatic heterocycles. The van der Waals surface area contributed by atoms with E-state index in [-0.39, 0.29) is 28.6 Å². The molecule has 1 aliphatic rings. The molecule has 2 atom stereocenters. The largest absolute Gasteiger partial charge is 0.573 e. The third-order valence-electron chi connectivity index (χ3n) is 6.13. The van der Waals surface area contributed by atoms with Crippen LogP contribution in [-0.2, 0) is 4.79 Å². The Labute approximate surface area is 240 Å². The van der Waals surface area contributed by atoms with Crippen molar-refractivity contribution in [1.82, 2.24) is 10.3 Å². The molecule has 0 saturated heterocycles. The zero-order chi connectivity index (χ0) is 30.3. The molecule has 3 aromatic rings. The molecule has 1 amide bonds. The summed E-state index contributed by atoms with van der Waals surface area (Å²) in [5.74, 6) is -1.62. The molecule has 0 spiro atoms. The molecule has 0 radical (unpaired) electrons. The van der Waals surface area contributed by atoms with E-state index < -0.39 is 48.4 Å². The molecule has 0 bridgehead atoms. The minimum atomic E-state index is -4.98. The van der Waals surface area contributed by atoms with Crippen molar-refractivity contribution in [3.8, 4) is 34.0 Å². The quantitative estimate of drug-likeness (QED) is 0.276. The molecule has 220 valence electrons. The van der Waals surface area contributed by atoms with Gasteiger partial charge in [0.25, 0.3) is 0 Å². The van der Waals surface area contributed by atoms with Gasteiger partial charge in [0.1, 0.15) is 11.4 Å². The Morgan fingerprint density at radius 3 is 2.37 bits per heavy atom. The first-order valence-corrected chi connectivity index (χ1v) is 12.8. The van der Waals surface area contributed by atoms with E-state index in [9.17, 15) is 36.2 Å². The monoisotopic (exact) mass is 622 g/mol. The Balaban J connectivity index is 1.85. The predicted molar refractivity (Wildman–Crippen MR) is 139 cm³/mol. The Bertz CT molecular complexity index is 1450. The van der Waals surface area contributed by atoms with Crippen molar-refractivity contribution in [2.24, 2.45) is 0 Å². The number of ether oxygens (including phenoxy) is 2. The fourth-order valence-electron chi connectivity index (χ4n) is 4.36. The fourth-order valence-corrected chi connectivity index (χ4v) is 4.69. The van der Waals surface area contributed by atoms with Gasteiger partial charge < -0.3 is 19.9 Å². The highest BCUT2D eigenvalue weighted by Gasteiger charge is 2.41. The van der Waals surface area contributed by atoms with Crippen molar-refractivity contribution in [2.45, 2.75) is 57.0 Å². The maximum Gasteiger partial charge on any atom is 0.573 e. The average Bonchev–Trinajstić information content (AvgIpc) is 2.83. The topological polar surface area (TPSA) is 80.7 Å². The number of aliphatic hydroxyl groups is 1. The second-order valence-electron chi connectivity index (χ2n) is 9.92. The van der Waals surface area contributed by atoms with Crippen LogP contribution in [0.15, 0.2) is 48.5 Å². The van der Waals surface area contributed by atoms with Crippen molar-refractivity contribution in [3.05, 3.63) is 64.1 Å². The SMILES string of the molecule is CC1(C)C[C@@H](NC(=O)CC(O)C(F)(F)F)c2cc(-c3ccc(Cl)cc3)c(-c3cc(OC(F)(F)F)ccc3Cl)nc2O1. The molecule has 2 N–H and O–H groups in total. The fraction of sp³-hybridized carbons (Fsp3) is 0.333. The third-order valence-corrected chi connectivity index (χ3v) is 6.71. The number of halogens is 8. The minimum absolute atomic E-state index is 0.0196. The zero-order valence-electron chi connectivity index (χ0n) is 21.3. The molecular formula is C27H22Cl2F6N2O4. The first kappa shape index (κ1) is 30.7. The van der Waals surface area contributed by atoms with E-state index in [2.05, 4.69) is 15.0 Å². The lowest BCUT2D eigenvalue weighted by Gasteiger charge is -2.37. The second-order valence-corrected chi connectivity index (χ2v) is 10.8. The number of aliphatic hydroxyl groups excluding tert-OH is 1. The van der Waals surface area contributed by atoms with Crippen LogP contribution in [0.1, 0.15) is 38.3 Å². The normalized spacial score (nSPS) is 17.3. The van der Waals surface area contributed by atoms with Gasteiger partial charge in [0.2, 0.25) is 11.8 Å². The molecule has 0 saturated carbocycles. The summed E-state index contributed by atoms with van der Waals surface area (Å²) < 4.78 is 87.4. The number of benzene rings is 2. The van der Waals surface area contributed by atoms with Gasteiger partial charge in [0.05, 0.1) is 23.2 Å². The lowest BCUT2D eigenvalue weighted by molar-refractivity contribution is -0.274.